The SMILES string of the molecule is Cc1ccc(NC(=O)c2c(C)nc3c(C)cccn23)c(C)c1. The molecular formula is C18H19N3O. The van der Waals surface area contributed by atoms with Crippen LogP contribution in [0.2, 0.25) is 0 Å². The number of carbonyl (C=O) groups is 1. The Kier molecular flexibility index (Phi) is 3.45. The number of imidazole rings is 1. The third kappa shape index (κ3) is 2.37. The van der Waals surface area contributed by atoms with Crippen molar-refractivity contribution in [2.45, 2.75) is 27.7 Å². The summed E-state index contributed by atoms with van der Waals surface area (Å²) in [5.74, 6) is -0.137. The fraction of sp³-hybridized carbons (Fsp3) is 0.222. The highest BCUT2D eigenvalue weighted by Gasteiger charge is 2.18. The Morgan fingerprint density at radius 2 is 1.86 bits per heavy atom. The van der Waals surface area contributed by atoms with Crippen molar-refractivity contribution < 1.29 is 4.79 Å². The summed E-state index contributed by atoms with van der Waals surface area (Å²) in [7, 11) is 0. The smallest absolute Gasteiger partial charge is 0.274 e. The molecule has 3 aromatic rings. The lowest BCUT2D eigenvalue weighted by molar-refractivity contribution is 0.102. The molecule has 2 heterocycles. The molecule has 0 saturated carbocycles. The lowest BCUT2D eigenvalue weighted by atomic mass is 10.1. The number of benzene rings is 1. The molecule has 3 rings (SSSR count). The van der Waals surface area contributed by atoms with Crippen LogP contribution >= 0.6 is 0 Å². The van der Waals surface area contributed by atoms with Gasteiger partial charge in [-0.2, -0.15) is 0 Å². The van der Waals surface area contributed by atoms with E-state index in [-0.39, 0.29) is 5.91 Å². The fourth-order valence-corrected chi connectivity index (χ4v) is 2.73. The molecule has 0 aliphatic rings. The maximum Gasteiger partial charge on any atom is 0.274 e. The van der Waals surface area contributed by atoms with E-state index in [9.17, 15) is 4.79 Å². The molecule has 0 unspecified atom stereocenters. The van der Waals surface area contributed by atoms with Crippen molar-refractivity contribution in [2.24, 2.45) is 0 Å². The monoisotopic (exact) mass is 293 g/mol. The van der Waals surface area contributed by atoms with Crippen molar-refractivity contribution in [3.05, 3.63) is 64.6 Å². The molecule has 4 nitrogen and oxygen atoms in total. The van der Waals surface area contributed by atoms with E-state index in [0.29, 0.717) is 5.69 Å². The van der Waals surface area contributed by atoms with Crippen LogP contribution in [0.1, 0.15) is 32.9 Å². The Labute approximate surface area is 129 Å². The van der Waals surface area contributed by atoms with Gasteiger partial charge in [-0.25, -0.2) is 4.98 Å². The first-order valence-electron chi connectivity index (χ1n) is 7.30. The Bertz CT molecular complexity index is 877. The molecule has 112 valence electrons. The van der Waals surface area contributed by atoms with Crippen molar-refractivity contribution in [3.8, 4) is 0 Å². The van der Waals surface area contributed by atoms with Crippen molar-refractivity contribution in [2.75, 3.05) is 5.32 Å². The van der Waals surface area contributed by atoms with Gasteiger partial charge in [0.2, 0.25) is 0 Å². The first kappa shape index (κ1) is 14.3. The average Bonchev–Trinajstić information content (AvgIpc) is 2.80. The molecule has 1 aromatic carbocycles. The molecule has 0 aliphatic heterocycles. The molecule has 1 N–H and O–H groups in total. The first-order valence-corrected chi connectivity index (χ1v) is 7.30. The van der Waals surface area contributed by atoms with Crippen LogP contribution in [0.4, 0.5) is 5.69 Å². The molecule has 0 radical (unpaired) electrons. The highest BCUT2D eigenvalue weighted by molar-refractivity contribution is 6.04. The van der Waals surface area contributed by atoms with Gasteiger partial charge in [0.25, 0.3) is 5.91 Å². The van der Waals surface area contributed by atoms with Gasteiger partial charge in [-0.15, -0.1) is 0 Å². The number of hydrogen-bond donors (Lipinski definition) is 1. The molecule has 4 heteroatoms. The molecule has 22 heavy (non-hydrogen) atoms. The van der Waals surface area contributed by atoms with Crippen LogP contribution in [0.25, 0.3) is 5.65 Å². The number of fused-ring (bicyclic) bond motifs is 1. The van der Waals surface area contributed by atoms with Crippen molar-refractivity contribution in [1.82, 2.24) is 9.38 Å². The van der Waals surface area contributed by atoms with Gasteiger partial charge in [-0.3, -0.25) is 9.20 Å². The van der Waals surface area contributed by atoms with Crippen molar-refractivity contribution in [3.63, 3.8) is 0 Å². The standard InChI is InChI=1S/C18H19N3O/c1-11-7-8-15(13(3)10-11)20-18(22)16-14(4)19-17-12(2)6-5-9-21(16)17/h5-10H,1-4H3,(H,20,22). The largest absolute Gasteiger partial charge is 0.320 e. The molecule has 2 aromatic heterocycles. The third-order valence-corrected chi connectivity index (χ3v) is 3.86. The first-order chi connectivity index (χ1) is 10.5. The normalized spacial score (nSPS) is 10.9. The minimum absolute atomic E-state index is 0.137. The fourth-order valence-electron chi connectivity index (χ4n) is 2.73. The number of nitrogens with one attached hydrogen (secondary N) is 1. The number of pyridine rings is 1. The minimum atomic E-state index is -0.137. The minimum Gasteiger partial charge on any atom is -0.320 e. The Morgan fingerprint density at radius 1 is 1.09 bits per heavy atom. The van der Waals surface area contributed by atoms with E-state index in [1.54, 1.807) is 0 Å². The van der Waals surface area contributed by atoms with Gasteiger partial charge in [0, 0.05) is 11.9 Å². The van der Waals surface area contributed by atoms with Crippen molar-refractivity contribution in [1.29, 1.82) is 0 Å². The predicted octanol–water partition coefficient (Wildman–Crippen LogP) is 3.82. The number of rotatable bonds is 2. The zero-order valence-corrected chi connectivity index (χ0v) is 13.3. The summed E-state index contributed by atoms with van der Waals surface area (Å²) in [6.07, 6.45) is 1.87. The maximum atomic E-state index is 12.7. The lowest BCUT2D eigenvalue weighted by Crippen LogP contribution is -2.16. The molecule has 0 spiro atoms. The predicted molar refractivity (Wildman–Crippen MR) is 88.5 cm³/mol. The third-order valence-electron chi connectivity index (χ3n) is 3.86. The van der Waals surface area contributed by atoms with Crippen molar-refractivity contribution >= 4 is 17.2 Å². The summed E-state index contributed by atoms with van der Waals surface area (Å²) < 4.78 is 1.85. The molecular weight excluding hydrogens is 274 g/mol. The molecule has 1 amide bonds. The number of aryl methyl sites for hydroxylation is 4. The van der Waals surface area contributed by atoms with Crippen LogP contribution in [0.3, 0.4) is 0 Å². The van der Waals surface area contributed by atoms with Crippen LogP contribution in [-0.4, -0.2) is 15.3 Å². The van der Waals surface area contributed by atoms with Crippen LogP contribution in [0, 0.1) is 27.7 Å². The number of nitrogens with zero attached hydrogens (tertiary/aromatic N) is 2. The summed E-state index contributed by atoms with van der Waals surface area (Å²) in [4.78, 5) is 17.2. The van der Waals surface area contributed by atoms with Crippen LogP contribution in [0.5, 0.6) is 0 Å². The van der Waals surface area contributed by atoms with Gasteiger partial charge in [0.05, 0.1) is 5.69 Å². The van der Waals surface area contributed by atoms with E-state index in [0.717, 1.165) is 28.2 Å². The second-order valence-corrected chi connectivity index (χ2v) is 5.70. The zero-order valence-electron chi connectivity index (χ0n) is 13.3. The van der Waals surface area contributed by atoms with E-state index >= 15 is 0 Å². The molecule has 0 saturated heterocycles. The molecule has 0 bridgehead atoms. The highest BCUT2D eigenvalue weighted by Crippen LogP contribution is 2.20. The number of hydrogen-bond acceptors (Lipinski definition) is 2. The van der Waals surface area contributed by atoms with Gasteiger partial charge < -0.3 is 5.32 Å². The second kappa shape index (κ2) is 5.30. The van der Waals surface area contributed by atoms with E-state index in [4.69, 9.17) is 0 Å². The molecule has 0 aliphatic carbocycles. The summed E-state index contributed by atoms with van der Waals surface area (Å²) >= 11 is 0. The lowest BCUT2D eigenvalue weighted by Gasteiger charge is -2.09. The number of carbonyl (C=O) groups excluding carboxylic acids is 1. The van der Waals surface area contributed by atoms with Gasteiger partial charge in [-0.1, -0.05) is 23.8 Å². The second-order valence-electron chi connectivity index (χ2n) is 5.70. The van der Waals surface area contributed by atoms with Crippen LogP contribution in [-0.2, 0) is 0 Å². The number of amides is 1. The van der Waals surface area contributed by atoms with Gasteiger partial charge in [-0.05, 0) is 51.0 Å². The number of aromatic nitrogens is 2. The van der Waals surface area contributed by atoms with Crippen LogP contribution in [0.15, 0.2) is 36.5 Å². The molecule has 0 fully saturated rings. The topological polar surface area (TPSA) is 46.4 Å². The summed E-state index contributed by atoms with van der Waals surface area (Å²) in [6, 6.07) is 9.91. The quantitative estimate of drug-likeness (QED) is 0.780. The Morgan fingerprint density at radius 3 is 2.59 bits per heavy atom. The summed E-state index contributed by atoms with van der Waals surface area (Å²) in [5.41, 5.74) is 6.25. The van der Waals surface area contributed by atoms with Gasteiger partial charge in [0.15, 0.2) is 0 Å². The molecule has 0 atom stereocenters. The van der Waals surface area contributed by atoms with Gasteiger partial charge in [0.1, 0.15) is 11.3 Å². The van der Waals surface area contributed by atoms with E-state index in [2.05, 4.69) is 16.4 Å². The Balaban J connectivity index is 2.02. The average molecular weight is 293 g/mol. The highest BCUT2D eigenvalue weighted by atomic mass is 16.2. The van der Waals surface area contributed by atoms with E-state index in [1.165, 1.54) is 5.56 Å². The summed E-state index contributed by atoms with van der Waals surface area (Å²) in [5, 5.41) is 2.99. The number of anilines is 1. The maximum absolute atomic E-state index is 12.7. The van der Waals surface area contributed by atoms with Crippen LogP contribution < -0.4 is 5.32 Å². The van der Waals surface area contributed by atoms with E-state index in [1.807, 2.05) is 62.6 Å². The summed E-state index contributed by atoms with van der Waals surface area (Å²) in [6.45, 7) is 7.89. The van der Waals surface area contributed by atoms with E-state index < -0.39 is 0 Å². The Hall–Kier alpha value is -2.62. The zero-order chi connectivity index (χ0) is 15.9. The van der Waals surface area contributed by atoms with Gasteiger partial charge >= 0.3 is 0 Å².